The van der Waals surface area contributed by atoms with Crippen molar-refractivity contribution in [2.75, 3.05) is 0 Å². The molecule has 5 heteroatoms. The molecule has 0 bridgehead atoms. The summed E-state index contributed by atoms with van der Waals surface area (Å²) in [4.78, 5) is 26.9. The van der Waals surface area contributed by atoms with Crippen LogP contribution in [0.5, 0.6) is 0 Å². The zero-order valence-electron chi connectivity index (χ0n) is 8.82. The molecule has 2 aromatic rings. The quantitative estimate of drug-likeness (QED) is 0.680. The highest BCUT2D eigenvalue weighted by atomic mass is 19.1. The molecule has 4 nitrogen and oxygen atoms in total. The van der Waals surface area contributed by atoms with Gasteiger partial charge in [-0.3, -0.25) is 14.2 Å². The highest BCUT2D eigenvalue weighted by molar-refractivity contribution is 5.92. The van der Waals surface area contributed by atoms with Crippen molar-refractivity contribution < 1.29 is 9.18 Å². The van der Waals surface area contributed by atoms with E-state index in [0.29, 0.717) is 0 Å². The predicted molar refractivity (Wildman–Crippen MR) is 56.9 cm³/mol. The number of hydrogen-bond donors (Lipinski definition) is 0. The third-order valence-electron chi connectivity index (χ3n) is 2.37. The molecule has 0 amide bonds. The molecule has 1 heterocycles. The van der Waals surface area contributed by atoms with Crippen LogP contribution >= 0.6 is 0 Å². The van der Waals surface area contributed by atoms with Crippen molar-refractivity contribution in [2.24, 2.45) is 7.05 Å². The Balaban J connectivity index is 3.01. The zero-order chi connectivity index (χ0) is 11.9. The monoisotopic (exact) mass is 220 g/mol. The Labute approximate surface area is 90.3 Å². The predicted octanol–water partition coefficient (Wildman–Crippen LogP) is 1.28. The van der Waals surface area contributed by atoms with E-state index in [-0.39, 0.29) is 22.5 Å². The fourth-order valence-electron chi connectivity index (χ4n) is 1.57. The van der Waals surface area contributed by atoms with Crippen LogP contribution in [0.25, 0.3) is 10.9 Å². The van der Waals surface area contributed by atoms with Crippen LogP contribution in [-0.4, -0.2) is 15.3 Å². The lowest BCUT2D eigenvalue weighted by molar-refractivity contribution is 0.0999. The molecule has 0 radical (unpaired) electrons. The number of carbonyl (C=O) groups excluding carboxylic acids is 1. The summed E-state index contributed by atoms with van der Waals surface area (Å²) in [6.07, 6.45) is 0. The minimum atomic E-state index is -0.599. The van der Waals surface area contributed by atoms with E-state index in [4.69, 9.17) is 0 Å². The number of benzene rings is 1. The van der Waals surface area contributed by atoms with E-state index < -0.39 is 11.4 Å². The number of Topliss-reactive ketones (excluding diaryl/α,β-unsaturated/α-hetero) is 1. The summed E-state index contributed by atoms with van der Waals surface area (Å²) < 4.78 is 14.5. The number of ketones is 1. The van der Waals surface area contributed by atoms with Crippen LogP contribution in [0.4, 0.5) is 4.39 Å². The second-order valence-corrected chi connectivity index (χ2v) is 3.49. The minimum Gasteiger partial charge on any atom is -0.293 e. The number of aromatic nitrogens is 2. The summed E-state index contributed by atoms with van der Waals surface area (Å²) in [7, 11) is 1.44. The molecule has 0 fully saturated rings. The average molecular weight is 220 g/mol. The normalized spacial score (nSPS) is 10.7. The van der Waals surface area contributed by atoms with E-state index in [1.54, 1.807) is 0 Å². The molecule has 0 saturated carbocycles. The largest absolute Gasteiger partial charge is 0.293 e. The van der Waals surface area contributed by atoms with Gasteiger partial charge >= 0.3 is 0 Å². The van der Waals surface area contributed by atoms with E-state index in [1.165, 1.54) is 32.2 Å². The summed E-state index contributed by atoms with van der Waals surface area (Å²) in [5.74, 6) is -1.01. The van der Waals surface area contributed by atoms with Gasteiger partial charge in [0, 0.05) is 14.0 Å². The Morgan fingerprint density at radius 2 is 2.12 bits per heavy atom. The molecule has 0 spiro atoms. The number of fused-ring (bicyclic) bond motifs is 1. The van der Waals surface area contributed by atoms with Crippen LogP contribution in [-0.2, 0) is 7.05 Å². The van der Waals surface area contributed by atoms with Crippen molar-refractivity contribution in [3.8, 4) is 0 Å². The minimum absolute atomic E-state index is 0.0393. The number of para-hydroxylation sites is 1. The van der Waals surface area contributed by atoms with Crippen molar-refractivity contribution in [3.63, 3.8) is 0 Å². The summed E-state index contributed by atoms with van der Waals surface area (Å²) in [5.41, 5.74) is -0.481. The summed E-state index contributed by atoms with van der Waals surface area (Å²) in [5, 5.41) is 0.174. The molecule has 0 aliphatic heterocycles. The van der Waals surface area contributed by atoms with Crippen LogP contribution in [0, 0.1) is 5.82 Å². The topological polar surface area (TPSA) is 52.0 Å². The van der Waals surface area contributed by atoms with Gasteiger partial charge in [0.05, 0.1) is 5.39 Å². The Morgan fingerprint density at radius 1 is 1.44 bits per heavy atom. The van der Waals surface area contributed by atoms with Gasteiger partial charge in [0.15, 0.2) is 11.6 Å². The van der Waals surface area contributed by atoms with Gasteiger partial charge in [-0.15, -0.1) is 0 Å². The second kappa shape index (κ2) is 3.52. The number of carbonyl (C=O) groups is 1. The smallest absolute Gasteiger partial charge is 0.261 e. The lowest BCUT2D eigenvalue weighted by Gasteiger charge is -2.06. The lowest BCUT2D eigenvalue weighted by atomic mass is 10.2. The Hall–Kier alpha value is -2.04. The van der Waals surface area contributed by atoms with Crippen LogP contribution in [0.1, 0.15) is 17.5 Å². The van der Waals surface area contributed by atoms with Crippen LogP contribution in [0.2, 0.25) is 0 Å². The first-order valence-electron chi connectivity index (χ1n) is 4.68. The molecule has 0 unspecified atom stereocenters. The molecular formula is C11H9FN2O2. The highest BCUT2D eigenvalue weighted by Crippen LogP contribution is 2.12. The maximum Gasteiger partial charge on any atom is 0.261 e. The van der Waals surface area contributed by atoms with Gasteiger partial charge in [-0.1, -0.05) is 6.07 Å². The van der Waals surface area contributed by atoms with Gasteiger partial charge < -0.3 is 0 Å². The third-order valence-corrected chi connectivity index (χ3v) is 2.37. The average Bonchev–Trinajstić information content (AvgIpc) is 2.23. The fourth-order valence-corrected chi connectivity index (χ4v) is 1.57. The summed E-state index contributed by atoms with van der Waals surface area (Å²) in [6, 6.07) is 4.13. The Bertz CT molecular complexity index is 646. The van der Waals surface area contributed by atoms with E-state index in [2.05, 4.69) is 4.98 Å². The number of rotatable bonds is 1. The second-order valence-electron chi connectivity index (χ2n) is 3.49. The van der Waals surface area contributed by atoms with Gasteiger partial charge in [-0.05, 0) is 12.1 Å². The first kappa shape index (κ1) is 10.5. The molecule has 1 aromatic heterocycles. The number of halogens is 1. The Kier molecular flexibility index (Phi) is 2.30. The summed E-state index contributed by atoms with van der Waals surface area (Å²) in [6.45, 7) is 1.29. The first-order valence-corrected chi connectivity index (χ1v) is 4.68. The van der Waals surface area contributed by atoms with E-state index >= 15 is 0 Å². The van der Waals surface area contributed by atoms with Gasteiger partial charge in [0.2, 0.25) is 0 Å². The molecule has 82 valence electrons. The third kappa shape index (κ3) is 1.41. The Morgan fingerprint density at radius 3 is 2.75 bits per heavy atom. The molecule has 0 atom stereocenters. The maximum absolute atomic E-state index is 13.4. The molecule has 2 rings (SSSR count). The molecule has 0 N–H and O–H groups in total. The SMILES string of the molecule is CC(=O)c1nc2c(F)cccc2c(=O)n1C. The van der Waals surface area contributed by atoms with E-state index in [1.807, 2.05) is 0 Å². The molecule has 0 saturated heterocycles. The molecule has 1 aromatic carbocycles. The fraction of sp³-hybridized carbons (Fsp3) is 0.182. The molecule has 16 heavy (non-hydrogen) atoms. The zero-order valence-corrected chi connectivity index (χ0v) is 8.82. The van der Waals surface area contributed by atoms with Crippen molar-refractivity contribution in [1.29, 1.82) is 0 Å². The van der Waals surface area contributed by atoms with Crippen LogP contribution in [0.3, 0.4) is 0 Å². The van der Waals surface area contributed by atoms with E-state index in [9.17, 15) is 14.0 Å². The van der Waals surface area contributed by atoms with Gasteiger partial charge in [0.25, 0.3) is 5.56 Å². The van der Waals surface area contributed by atoms with Crippen LogP contribution in [0.15, 0.2) is 23.0 Å². The van der Waals surface area contributed by atoms with Gasteiger partial charge in [0.1, 0.15) is 11.3 Å². The van der Waals surface area contributed by atoms with Crippen molar-refractivity contribution in [1.82, 2.24) is 9.55 Å². The van der Waals surface area contributed by atoms with E-state index in [0.717, 1.165) is 4.57 Å². The maximum atomic E-state index is 13.4. The molecule has 0 aliphatic rings. The van der Waals surface area contributed by atoms with Crippen molar-refractivity contribution in [2.45, 2.75) is 6.92 Å². The van der Waals surface area contributed by atoms with Gasteiger partial charge in [-0.2, -0.15) is 0 Å². The molecular weight excluding hydrogens is 211 g/mol. The lowest BCUT2D eigenvalue weighted by Crippen LogP contribution is -2.24. The molecule has 0 aliphatic carbocycles. The van der Waals surface area contributed by atoms with Crippen LogP contribution < -0.4 is 5.56 Å². The standard InChI is InChI=1S/C11H9FN2O2/c1-6(15)10-13-9-7(11(16)14(10)2)4-3-5-8(9)12/h3-5H,1-2H3. The number of nitrogens with zero attached hydrogens (tertiary/aromatic N) is 2. The summed E-state index contributed by atoms with van der Waals surface area (Å²) >= 11 is 0. The van der Waals surface area contributed by atoms with Crippen molar-refractivity contribution >= 4 is 16.7 Å². The van der Waals surface area contributed by atoms with Gasteiger partial charge in [-0.25, -0.2) is 9.37 Å². The first-order chi connectivity index (χ1) is 7.52. The highest BCUT2D eigenvalue weighted by Gasteiger charge is 2.13. The van der Waals surface area contributed by atoms with Crippen molar-refractivity contribution in [3.05, 3.63) is 40.2 Å². The number of hydrogen-bond acceptors (Lipinski definition) is 3.